The van der Waals surface area contributed by atoms with E-state index in [1.165, 1.54) is 19.4 Å². The Bertz CT molecular complexity index is 737. The van der Waals surface area contributed by atoms with Crippen LogP contribution in [0.25, 0.3) is 0 Å². The van der Waals surface area contributed by atoms with Crippen molar-refractivity contribution in [1.29, 1.82) is 5.26 Å². The van der Waals surface area contributed by atoms with Crippen LogP contribution >= 0.6 is 23.2 Å². The average molecular weight is 383 g/mol. The number of carbonyl (C=O) groups excluding carboxylic acids is 2. The van der Waals surface area contributed by atoms with E-state index in [1.54, 1.807) is 21.9 Å². The molecule has 1 saturated heterocycles. The highest BCUT2D eigenvalue weighted by molar-refractivity contribution is 6.36. The Hall–Kier alpha value is -2.43. The highest BCUT2D eigenvalue weighted by atomic mass is 35.5. The normalized spacial score (nSPS) is 14.7. The van der Waals surface area contributed by atoms with Crippen LogP contribution in [0, 0.1) is 11.3 Å². The molecule has 2 rings (SSSR count). The summed E-state index contributed by atoms with van der Waals surface area (Å²) in [6.45, 7) is 1.89. The van der Waals surface area contributed by atoms with E-state index in [1.807, 2.05) is 6.07 Å². The zero-order valence-electron chi connectivity index (χ0n) is 13.5. The Morgan fingerprint density at radius 2 is 1.96 bits per heavy atom. The van der Waals surface area contributed by atoms with E-state index >= 15 is 0 Å². The van der Waals surface area contributed by atoms with E-state index in [2.05, 4.69) is 10.1 Å². The molecule has 0 atom stereocenters. The molecule has 2 amide bonds. The number of nitrogens with one attached hydrogen (secondary N) is 1. The van der Waals surface area contributed by atoms with Gasteiger partial charge < -0.3 is 19.9 Å². The number of hydrogen-bond acceptors (Lipinski definition) is 5. The largest absolute Gasteiger partial charge is 0.453 e. The molecule has 1 fully saturated rings. The van der Waals surface area contributed by atoms with Crippen LogP contribution in [0.4, 0.5) is 10.5 Å². The van der Waals surface area contributed by atoms with Crippen molar-refractivity contribution >= 4 is 40.9 Å². The number of nitrogens with zero attached hydrogens (tertiary/aromatic N) is 3. The molecule has 0 bridgehead atoms. The zero-order chi connectivity index (χ0) is 18.4. The third kappa shape index (κ3) is 5.02. The van der Waals surface area contributed by atoms with Crippen molar-refractivity contribution in [2.75, 3.05) is 38.6 Å². The van der Waals surface area contributed by atoms with Crippen LogP contribution in [0.1, 0.15) is 0 Å². The molecule has 25 heavy (non-hydrogen) atoms. The summed E-state index contributed by atoms with van der Waals surface area (Å²) < 4.78 is 4.67. The summed E-state index contributed by atoms with van der Waals surface area (Å²) in [7, 11) is 1.33. The van der Waals surface area contributed by atoms with Crippen molar-refractivity contribution in [3.05, 3.63) is 40.0 Å². The minimum Gasteiger partial charge on any atom is -0.453 e. The maximum Gasteiger partial charge on any atom is 0.409 e. The molecule has 0 radical (unpaired) electrons. The highest BCUT2D eigenvalue weighted by Gasteiger charge is 2.21. The van der Waals surface area contributed by atoms with Gasteiger partial charge in [0.05, 0.1) is 17.8 Å². The fraction of sp³-hybridized carbons (Fsp3) is 0.312. The Kier molecular flexibility index (Phi) is 6.51. The molecular weight excluding hydrogens is 367 g/mol. The first kappa shape index (κ1) is 18.9. The highest BCUT2D eigenvalue weighted by Crippen LogP contribution is 2.25. The van der Waals surface area contributed by atoms with Crippen molar-refractivity contribution in [1.82, 2.24) is 9.80 Å². The number of carbonyl (C=O) groups is 2. The third-order valence-corrected chi connectivity index (χ3v) is 4.15. The first-order chi connectivity index (χ1) is 11.9. The molecule has 1 N–H and O–H groups in total. The van der Waals surface area contributed by atoms with Crippen LogP contribution in [0.3, 0.4) is 0 Å². The molecule has 132 valence electrons. The quantitative estimate of drug-likeness (QED) is 0.641. The molecule has 0 spiro atoms. The Balaban J connectivity index is 2.01. The van der Waals surface area contributed by atoms with Gasteiger partial charge >= 0.3 is 6.09 Å². The van der Waals surface area contributed by atoms with Crippen LogP contribution in [-0.2, 0) is 9.53 Å². The lowest BCUT2D eigenvalue weighted by molar-refractivity contribution is -0.112. The van der Waals surface area contributed by atoms with E-state index in [-0.39, 0.29) is 16.7 Å². The molecule has 9 heteroatoms. The van der Waals surface area contributed by atoms with Crippen molar-refractivity contribution in [3.8, 4) is 6.07 Å². The van der Waals surface area contributed by atoms with Crippen molar-refractivity contribution in [2.24, 2.45) is 0 Å². The Labute approximate surface area is 155 Å². The SMILES string of the molecule is COC(=O)N1CCN(/C=C(/C#N)C(=O)Nc2ccc(Cl)cc2Cl)CC1. The molecule has 1 aromatic rings. The molecule has 0 saturated carbocycles. The predicted octanol–water partition coefficient (Wildman–Crippen LogP) is 2.72. The lowest BCUT2D eigenvalue weighted by Crippen LogP contribution is -2.47. The van der Waals surface area contributed by atoms with Crippen molar-refractivity contribution < 1.29 is 14.3 Å². The van der Waals surface area contributed by atoms with Gasteiger partial charge in [-0.1, -0.05) is 23.2 Å². The standard InChI is InChI=1S/C16H16Cl2N4O3/c1-25-16(24)22-6-4-21(5-7-22)10-11(9-19)15(23)20-14-3-2-12(17)8-13(14)18/h2-3,8,10H,4-7H2,1H3,(H,20,23)/b11-10-. The van der Waals surface area contributed by atoms with Gasteiger partial charge in [-0.3, -0.25) is 4.79 Å². The minimum absolute atomic E-state index is 0.0578. The summed E-state index contributed by atoms with van der Waals surface area (Å²) in [6.07, 6.45) is 1.09. The molecule has 1 aromatic carbocycles. The van der Waals surface area contributed by atoms with Crippen LogP contribution in [0.2, 0.25) is 10.0 Å². The predicted molar refractivity (Wildman–Crippen MR) is 94.3 cm³/mol. The van der Waals surface area contributed by atoms with Gasteiger partial charge in [-0.25, -0.2) is 4.79 Å². The third-order valence-electron chi connectivity index (χ3n) is 3.60. The molecule has 0 aliphatic carbocycles. The molecule has 1 heterocycles. The second kappa shape index (κ2) is 8.60. The first-order valence-electron chi connectivity index (χ1n) is 7.40. The topological polar surface area (TPSA) is 85.7 Å². The zero-order valence-corrected chi connectivity index (χ0v) is 15.0. The Morgan fingerprint density at radius 1 is 1.28 bits per heavy atom. The molecule has 0 aromatic heterocycles. The number of amides is 2. The number of halogens is 2. The monoisotopic (exact) mass is 382 g/mol. The second-order valence-corrected chi connectivity index (χ2v) is 6.07. The first-order valence-corrected chi connectivity index (χ1v) is 8.15. The smallest absolute Gasteiger partial charge is 0.409 e. The van der Waals surface area contributed by atoms with Crippen molar-refractivity contribution in [3.63, 3.8) is 0 Å². The number of anilines is 1. The number of piperazine rings is 1. The maximum atomic E-state index is 12.3. The van der Waals surface area contributed by atoms with Gasteiger partial charge in [0, 0.05) is 37.4 Å². The lowest BCUT2D eigenvalue weighted by Gasteiger charge is -2.33. The fourth-order valence-corrected chi connectivity index (χ4v) is 2.72. The Morgan fingerprint density at radius 3 is 2.52 bits per heavy atom. The van der Waals surface area contributed by atoms with Gasteiger partial charge in [-0.15, -0.1) is 0 Å². The van der Waals surface area contributed by atoms with Gasteiger partial charge in [-0.05, 0) is 18.2 Å². The van der Waals surface area contributed by atoms with Gasteiger partial charge in [0.25, 0.3) is 5.91 Å². The van der Waals surface area contributed by atoms with Gasteiger partial charge in [0.2, 0.25) is 0 Å². The summed E-state index contributed by atoms with van der Waals surface area (Å²) in [6, 6.07) is 6.53. The van der Waals surface area contributed by atoms with Crippen LogP contribution < -0.4 is 5.32 Å². The lowest BCUT2D eigenvalue weighted by atomic mass is 10.2. The number of rotatable bonds is 3. The summed E-state index contributed by atoms with van der Waals surface area (Å²) in [4.78, 5) is 27.1. The maximum absolute atomic E-state index is 12.3. The minimum atomic E-state index is -0.567. The van der Waals surface area contributed by atoms with Crippen molar-refractivity contribution in [2.45, 2.75) is 0 Å². The van der Waals surface area contributed by atoms with E-state index in [9.17, 15) is 14.9 Å². The van der Waals surface area contributed by atoms with E-state index in [0.29, 0.717) is 36.9 Å². The number of methoxy groups -OCH3 is 1. The van der Waals surface area contributed by atoms with E-state index < -0.39 is 5.91 Å². The van der Waals surface area contributed by atoms with Crippen LogP contribution in [-0.4, -0.2) is 55.1 Å². The summed E-state index contributed by atoms with van der Waals surface area (Å²) in [5, 5.41) is 12.6. The number of benzene rings is 1. The number of ether oxygens (including phenoxy) is 1. The average Bonchev–Trinajstić information content (AvgIpc) is 2.61. The van der Waals surface area contributed by atoms with Crippen LogP contribution in [0.5, 0.6) is 0 Å². The number of nitriles is 1. The molecule has 1 aliphatic rings. The second-order valence-electron chi connectivity index (χ2n) is 5.23. The van der Waals surface area contributed by atoms with Crippen LogP contribution in [0.15, 0.2) is 30.0 Å². The fourth-order valence-electron chi connectivity index (χ4n) is 2.26. The van der Waals surface area contributed by atoms with Gasteiger partial charge in [0.15, 0.2) is 0 Å². The number of hydrogen-bond donors (Lipinski definition) is 1. The van der Waals surface area contributed by atoms with E-state index in [0.717, 1.165) is 0 Å². The van der Waals surface area contributed by atoms with E-state index in [4.69, 9.17) is 23.2 Å². The molecule has 0 unspecified atom stereocenters. The van der Waals surface area contributed by atoms with Gasteiger partial charge in [-0.2, -0.15) is 5.26 Å². The summed E-state index contributed by atoms with van der Waals surface area (Å²) in [5.41, 5.74) is 0.310. The molecule has 1 aliphatic heterocycles. The summed E-state index contributed by atoms with van der Waals surface area (Å²) >= 11 is 11.8. The summed E-state index contributed by atoms with van der Waals surface area (Å²) in [5.74, 6) is -0.567. The molecular formula is C16H16Cl2N4O3. The molecule has 7 nitrogen and oxygen atoms in total. The van der Waals surface area contributed by atoms with Gasteiger partial charge in [0.1, 0.15) is 11.6 Å².